The van der Waals surface area contributed by atoms with Crippen LogP contribution in [-0.4, -0.2) is 30.7 Å². The molecule has 0 fully saturated rings. The van der Waals surface area contributed by atoms with Crippen LogP contribution in [0, 0.1) is 0 Å². The number of likely N-dealkylation sites (N-methyl/N-ethyl adjacent to an activating group) is 1. The van der Waals surface area contributed by atoms with Crippen LogP contribution in [0.1, 0.15) is 12.5 Å². The van der Waals surface area contributed by atoms with E-state index in [1.54, 1.807) is 0 Å². The first-order valence-corrected chi connectivity index (χ1v) is 5.75. The van der Waals surface area contributed by atoms with Gasteiger partial charge in [-0.25, -0.2) is 0 Å². The summed E-state index contributed by atoms with van der Waals surface area (Å²) in [6, 6.07) is 8.36. The number of rotatable bonds is 5. The Hall–Kier alpha value is -0.730. The van der Waals surface area contributed by atoms with E-state index in [4.69, 9.17) is 11.6 Å². The fourth-order valence-corrected chi connectivity index (χ4v) is 1.55. The Morgan fingerprint density at radius 1 is 1.33 bits per heavy atom. The second-order valence-electron chi connectivity index (χ2n) is 3.71. The van der Waals surface area contributed by atoms with E-state index in [0.717, 1.165) is 12.1 Å². The SMILES string of the molecule is CCc1ccc(N(C)CC(O)CCl)cc1. The van der Waals surface area contributed by atoms with Gasteiger partial charge in [0.1, 0.15) is 0 Å². The largest absolute Gasteiger partial charge is 0.390 e. The van der Waals surface area contributed by atoms with Gasteiger partial charge < -0.3 is 10.0 Å². The summed E-state index contributed by atoms with van der Waals surface area (Å²) >= 11 is 5.55. The van der Waals surface area contributed by atoms with Gasteiger partial charge in [0.2, 0.25) is 0 Å². The fraction of sp³-hybridized carbons (Fsp3) is 0.500. The van der Waals surface area contributed by atoms with Crippen LogP contribution in [0.2, 0.25) is 0 Å². The highest BCUT2D eigenvalue weighted by atomic mass is 35.5. The minimum Gasteiger partial charge on any atom is -0.390 e. The molecule has 0 aliphatic rings. The maximum absolute atomic E-state index is 9.42. The first-order valence-electron chi connectivity index (χ1n) is 5.21. The Bertz CT molecular complexity index is 286. The zero-order valence-corrected chi connectivity index (χ0v) is 10.0. The van der Waals surface area contributed by atoms with Gasteiger partial charge in [0, 0.05) is 19.3 Å². The molecule has 0 radical (unpaired) electrons. The van der Waals surface area contributed by atoms with Crippen molar-refractivity contribution in [2.24, 2.45) is 0 Å². The van der Waals surface area contributed by atoms with E-state index in [9.17, 15) is 5.11 Å². The van der Waals surface area contributed by atoms with Gasteiger partial charge in [-0.1, -0.05) is 19.1 Å². The molecule has 0 amide bonds. The lowest BCUT2D eigenvalue weighted by molar-refractivity contribution is 0.205. The Morgan fingerprint density at radius 3 is 2.40 bits per heavy atom. The maximum Gasteiger partial charge on any atom is 0.0849 e. The summed E-state index contributed by atoms with van der Waals surface area (Å²) in [4.78, 5) is 2.01. The highest BCUT2D eigenvalue weighted by molar-refractivity contribution is 6.18. The third kappa shape index (κ3) is 3.73. The molecule has 84 valence electrons. The van der Waals surface area contributed by atoms with Crippen molar-refractivity contribution in [3.8, 4) is 0 Å². The molecular formula is C12H18ClNO. The molecule has 1 atom stereocenters. The van der Waals surface area contributed by atoms with E-state index in [0.29, 0.717) is 6.54 Å². The molecule has 0 saturated carbocycles. The standard InChI is InChI=1S/C12H18ClNO/c1-3-10-4-6-11(7-5-10)14(2)9-12(15)8-13/h4-7,12,15H,3,8-9H2,1-2H3. The van der Waals surface area contributed by atoms with Crippen molar-refractivity contribution in [3.63, 3.8) is 0 Å². The van der Waals surface area contributed by atoms with Crippen LogP contribution in [0.3, 0.4) is 0 Å². The molecule has 0 spiro atoms. The zero-order chi connectivity index (χ0) is 11.3. The van der Waals surface area contributed by atoms with E-state index in [1.807, 2.05) is 11.9 Å². The monoisotopic (exact) mass is 227 g/mol. The smallest absolute Gasteiger partial charge is 0.0849 e. The molecular weight excluding hydrogens is 210 g/mol. The van der Waals surface area contributed by atoms with Crippen LogP contribution in [0.4, 0.5) is 5.69 Å². The van der Waals surface area contributed by atoms with Crippen LogP contribution in [-0.2, 0) is 6.42 Å². The number of benzene rings is 1. The Labute approximate surface area is 96.5 Å². The molecule has 0 aliphatic heterocycles. The van der Waals surface area contributed by atoms with Crippen molar-refractivity contribution >= 4 is 17.3 Å². The molecule has 1 aromatic carbocycles. The molecule has 0 bridgehead atoms. The summed E-state index contributed by atoms with van der Waals surface area (Å²) in [5, 5.41) is 9.42. The van der Waals surface area contributed by atoms with Gasteiger partial charge in [-0.2, -0.15) is 0 Å². The molecule has 0 aromatic heterocycles. The maximum atomic E-state index is 9.42. The second-order valence-corrected chi connectivity index (χ2v) is 4.02. The van der Waals surface area contributed by atoms with Crippen LogP contribution in [0.25, 0.3) is 0 Å². The number of nitrogens with zero attached hydrogens (tertiary/aromatic N) is 1. The molecule has 0 heterocycles. The van der Waals surface area contributed by atoms with Crippen molar-refractivity contribution in [1.82, 2.24) is 0 Å². The lowest BCUT2D eigenvalue weighted by atomic mass is 10.1. The van der Waals surface area contributed by atoms with Crippen molar-refractivity contribution < 1.29 is 5.11 Å². The molecule has 3 heteroatoms. The first-order chi connectivity index (χ1) is 7.17. The average molecular weight is 228 g/mol. The lowest BCUT2D eigenvalue weighted by Gasteiger charge is -2.21. The van der Waals surface area contributed by atoms with E-state index in [-0.39, 0.29) is 5.88 Å². The Balaban J connectivity index is 2.61. The number of anilines is 1. The van der Waals surface area contributed by atoms with Crippen molar-refractivity contribution in [1.29, 1.82) is 0 Å². The third-order valence-corrected chi connectivity index (χ3v) is 2.80. The van der Waals surface area contributed by atoms with Gasteiger partial charge >= 0.3 is 0 Å². The van der Waals surface area contributed by atoms with Gasteiger partial charge in [-0.3, -0.25) is 0 Å². The van der Waals surface area contributed by atoms with E-state index in [1.165, 1.54) is 5.56 Å². The molecule has 1 unspecified atom stereocenters. The Morgan fingerprint density at radius 2 is 1.93 bits per heavy atom. The van der Waals surface area contributed by atoms with Crippen LogP contribution in [0.15, 0.2) is 24.3 Å². The first kappa shape index (κ1) is 12.3. The molecule has 15 heavy (non-hydrogen) atoms. The normalized spacial score (nSPS) is 12.5. The highest BCUT2D eigenvalue weighted by Crippen LogP contribution is 2.14. The molecule has 1 N–H and O–H groups in total. The van der Waals surface area contributed by atoms with Crippen LogP contribution >= 0.6 is 11.6 Å². The zero-order valence-electron chi connectivity index (χ0n) is 9.28. The Kier molecular flexibility index (Phi) is 4.92. The van der Waals surface area contributed by atoms with E-state index in [2.05, 4.69) is 31.2 Å². The number of hydrogen-bond donors (Lipinski definition) is 1. The number of halogens is 1. The highest BCUT2D eigenvalue weighted by Gasteiger charge is 2.07. The van der Waals surface area contributed by atoms with Gasteiger partial charge in [0.05, 0.1) is 12.0 Å². The summed E-state index contributed by atoms with van der Waals surface area (Å²) in [7, 11) is 1.96. The van der Waals surface area contributed by atoms with Crippen LogP contribution < -0.4 is 4.90 Å². The predicted octanol–water partition coefficient (Wildman–Crippen LogP) is 2.28. The lowest BCUT2D eigenvalue weighted by Crippen LogP contribution is -2.29. The molecule has 1 rings (SSSR count). The van der Waals surface area contributed by atoms with E-state index >= 15 is 0 Å². The van der Waals surface area contributed by atoms with Crippen LogP contribution in [0.5, 0.6) is 0 Å². The van der Waals surface area contributed by atoms with Gasteiger partial charge in [0.25, 0.3) is 0 Å². The summed E-state index contributed by atoms with van der Waals surface area (Å²) in [6.07, 6.45) is 0.580. The van der Waals surface area contributed by atoms with Crippen molar-refractivity contribution in [2.75, 3.05) is 24.4 Å². The molecule has 2 nitrogen and oxygen atoms in total. The third-order valence-electron chi connectivity index (χ3n) is 2.45. The molecule has 1 aromatic rings. The minimum absolute atomic E-state index is 0.275. The van der Waals surface area contributed by atoms with Crippen molar-refractivity contribution in [3.05, 3.63) is 29.8 Å². The summed E-state index contributed by atoms with van der Waals surface area (Å²) < 4.78 is 0. The number of alkyl halides is 1. The number of aryl methyl sites for hydroxylation is 1. The predicted molar refractivity (Wildman–Crippen MR) is 65.8 cm³/mol. The van der Waals surface area contributed by atoms with Gasteiger partial charge in [0.15, 0.2) is 0 Å². The number of aliphatic hydroxyl groups excluding tert-OH is 1. The quantitative estimate of drug-likeness (QED) is 0.781. The fourth-order valence-electron chi connectivity index (χ4n) is 1.46. The molecule has 0 aliphatic carbocycles. The average Bonchev–Trinajstić information content (AvgIpc) is 2.29. The summed E-state index contributed by atoms with van der Waals surface area (Å²) in [5.74, 6) is 0.275. The van der Waals surface area contributed by atoms with Gasteiger partial charge in [-0.15, -0.1) is 11.6 Å². The minimum atomic E-state index is -0.470. The van der Waals surface area contributed by atoms with Gasteiger partial charge in [-0.05, 0) is 24.1 Å². The van der Waals surface area contributed by atoms with E-state index < -0.39 is 6.10 Å². The number of hydrogen-bond acceptors (Lipinski definition) is 2. The van der Waals surface area contributed by atoms with Crippen molar-refractivity contribution in [2.45, 2.75) is 19.4 Å². The summed E-state index contributed by atoms with van der Waals surface area (Å²) in [5.41, 5.74) is 2.43. The molecule has 0 saturated heterocycles. The topological polar surface area (TPSA) is 23.5 Å². The summed E-state index contributed by atoms with van der Waals surface area (Å²) in [6.45, 7) is 2.70. The number of aliphatic hydroxyl groups is 1. The second kappa shape index (κ2) is 5.99.